The highest BCUT2D eigenvalue weighted by molar-refractivity contribution is 7.50. The molecule has 0 aliphatic carbocycles. The van der Waals surface area contributed by atoms with E-state index >= 15 is 0 Å². The molecule has 0 radical (unpaired) electrons. The summed E-state index contributed by atoms with van der Waals surface area (Å²) in [6, 6.07) is 0. The zero-order valence-electron chi connectivity index (χ0n) is 6.10. The highest BCUT2D eigenvalue weighted by Gasteiger charge is 2.17. The Bertz CT molecular complexity index is 151. The molecule has 7 heteroatoms. The Hall–Kier alpha value is 0.0300. The van der Waals surface area contributed by atoms with Crippen molar-refractivity contribution in [3.63, 3.8) is 0 Å². The van der Waals surface area contributed by atoms with Gasteiger partial charge in [0.25, 0.3) is 0 Å². The van der Waals surface area contributed by atoms with Crippen LogP contribution in [0.2, 0.25) is 0 Å². The number of hydrogen-bond acceptors (Lipinski definition) is 4. The van der Waals surface area contributed by atoms with Gasteiger partial charge in [-0.25, -0.2) is 9.65 Å². The summed E-state index contributed by atoms with van der Waals surface area (Å²) in [6.45, 7) is -0.866. The van der Waals surface area contributed by atoms with Crippen LogP contribution >= 0.6 is 7.75 Å². The van der Waals surface area contributed by atoms with Crippen molar-refractivity contribution in [2.45, 2.75) is 6.10 Å². The van der Waals surface area contributed by atoms with E-state index in [2.05, 4.69) is 4.52 Å². The Labute approximate surface area is 64.4 Å². The quantitative estimate of drug-likeness (QED) is 0.396. The first-order valence-electron chi connectivity index (χ1n) is 2.97. The summed E-state index contributed by atoms with van der Waals surface area (Å²) in [5.41, 5.74) is 0. The van der Waals surface area contributed by atoms with Crippen molar-refractivity contribution in [1.82, 2.24) is 5.09 Å². The van der Waals surface area contributed by atoms with E-state index in [1.54, 1.807) is 0 Å². The molecule has 0 aromatic rings. The summed E-state index contributed by atoms with van der Waals surface area (Å²) >= 11 is 0. The third-order valence-corrected chi connectivity index (χ3v) is 2.00. The van der Waals surface area contributed by atoms with Crippen LogP contribution in [0.25, 0.3) is 0 Å². The smallest absolute Gasteiger partial charge is 0.394 e. The molecule has 0 amide bonds. The van der Waals surface area contributed by atoms with Gasteiger partial charge in [0.05, 0.1) is 13.2 Å². The molecule has 11 heavy (non-hydrogen) atoms. The van der Waals surface area contributed by atoms with Crippen LogP contribution in [0.5, 0.6) is 0 Å². The van der Waals surface area contributed by atoms with Crippen LogP contribution in [0, 0.1) is 0 Å². The van der Waals surface area contributed by atoms with E-state index in [0.29, 0.717) is 0 Å². The Morgan fingerprint density at radius 3 is 2.64 bits per heavy atom. The maximum Gasteiger partial charge on any atom is 0.402 e. The molecule has 68 valence electrons. The predicted octanol–water partition coefficient (Wildman–Crippen LogP) is -1.32. The highest BCUT2D eigenvalue weighted by atomic mass is 31.2. The Balaban J connectivity index is 3.61. The van der Waals surface area contributed by atoms with Crippen LogP contribution in [0.4, 0.5) is 0 Å². The molecule has 2 atom stereocenters. The van der Waals surface area contributed by atoms with Gasteiger partial charge < -0.3 is 15.1 Å². The van der Waals surface area contributed by atoms with Gasteiger partial charge in [0.2, 0.25) is 0 Å². The minimum Gasteiger partial charge on any atom is -0.394 e. The zero-order valence-corrected chi connectivity index (χ0v) is 6.99. The van der Waals surface area contributed by atoms with Crippen molar-refractivity contribution in [3.8, 4) is 0 Å². The summed E-state index contributed by atoms with van der Waals surface area (Å²) in [5.74, 6) is 0. The van der Waals surface area contributed by atoms with Gasteiger partial charge >= 0.3 is 7.75 Å². The first kappa shape index (κ1) is 11.0. The molecule has 0 aromatic heterocycles. The van der Waals surface area contributed by atoms with E-state index in [4.69, 9.17) is 15.1 Å². The van der Waals surface area contributed by atoms with Gasteiger partial charge in [0.15, 0.2) is 0 Å². The number of aliphatic hydroxyl groups excluding tert-OH is 2. The second kappa shape index (κ2) is 4.82. The van der Waals surface area contributed by atoms with Crippen LogP contribution in [0.15, 0.2) is 0 Å². The largest absolute Gasteiger partial charge is 0.402 e. The van der Waals surface area contributed by atoms with E-state index in [1.165, 1.54) is 7.05 Å². The fraction of sp³-hybridized carbons (Fsp3) is 1.00. The second-order valence-electron chi connectivity index (χ2n) is 1.88. The number of nitrogens with one attached hydrogen (secondary N) is 1. The SMILES string of the molecule is CNP(=O)(O)OCC(O)CO. The van der Waals surface area contributed by atoms with Gasteiger partial charge in [0.1, 0.15) is 6.10 Å². The summed E-state index contributed by atoms with van der Waals surface area (Å²) in [6.07, 6.45) is -1.12. The lowest BCUT2D eigenvalue weighted by atomic mass is 10.4. The zero-order chi connectivity index (χ0) is 8.91. The van der Waals surface area contributed by atoms with Crippen molar-refractivity contribution in [2.75, 3.05) is 20.3 Å². The molecular formula is C4H12NO5P. The third kappa shape index (κ3) is 5.32. The van der Waals surface area contributed by atoms with Crippen molar-refractivity contribution in [2.24, 2.45) is 0 Å². The molecule has 0 rings (SSSR count). The van der Waals surface area contributed by atoms with Crippen LogP contribution in [-0.2, 0) is 9.09 Å². The minimum absolute atomic E-state index is 0.370. The van der Waals surface area contributed by atoms with Crippen LogP contribution in [-0.4, -0.2) is 41.5 Å². The second-order valence-corrected chi connectivity index (χ2v) is 3.62. The molecule has 0 aliphatic heterocycles. The molecule has 0 bridgehead atoms. The Morgan fingerprint density at radius 2 is 2.27 bits per heavy atom. The van der Waals surface area contributed by atoms with Crippen molar-refractivity contribution >= 4 is 7.75 Å². The van der Waals surface area contributed by atoms with Gasteiger partial charge in [-0.2, -0.15) is 0 Å². The molecule has 4 N–H and O–H groups in total. The lowest BCUT2D eigenvalue weighted by Gasteiger charge is -2.12. The third-order valence-electron chi connectivity index (χ3n) is 0.935. The molecule has 0 spiro atoms. The van der Waals surface area contributed by atoms with E-state index in [0.717, 1.165) is 0 Å². The molecule has 0 aliphatic rings. The Kier molecular flexibility index (Phi) is 4.83. The first-order chi connectivity index (χ1) is 5.02. The molecule has 0 fully saturated rings. The van der Waals surface area contributed by atoms with Crippen LogP contribution in [0.3, 0.4) is 0 Å². The molecule has 6 nitrogen and oxygen atoms in total. The minimum atomic E-state index is -3.76. The number of aliphatic hydroxyl groups is 2. The summed E-state index contributed by atoms with van der Waals surface area (Å²) in [5, 5.41) is 19.0. The Morgan fingerprint density at radius 1 is 1.73 bits per heavy atom. The summed E-state index contributed by atoms with van der Waals surface area (Å²) < 4.78 is 15.0. The molecule has 2 unspecified atom stereocenters. The lowest BCUT2D eigenvalue weighted by Crippen LogP contribution is -2.20. The van der Waals surface area contributed by atoms with Gasteiger partial charge in [-0.1, -0.05) is 0 Å². The van der Waals surface area contributed by atoms with Crippen molar-refractivity contribution < 1.29 is 24.2 Å². The first-order valence-corrected chi connectivity index (χ1v) is 4.55. The lowest BCUT2D eigenvalue weighted by molar-refractivity contribution is 0.0488. The summed E-state index contributed by atoms with van der Waals surface area (Å²) in [7, 11) is -2.51. The van der Waals surface area contributed by atoms with E-state index in [9.17, 15) is 4.57 Å². The number of hydrogen-bond donors (Lipinski definition) is 4. The van der Waals surface area contributed by atoms with Gasteiger partial charge in [0, 0.05) is 0 Å². The van der Waals surface area contributed by atoms with Gasteiger partial charge in [-0.15, -0.1) is 0 Å². The van der Waals surface area contributed by atoms with E-state index in [-0.39, 0.29) is 6.61 Å². The van der Waals surface area contributed by atoms with E-state index < -0.39 is 20.5 Å². The molecule has 0 heterocycles. The van der Waals surface area contributed by atoms with Crippen molar-refractivity contribution in [1.29, 1.82) is 0 Å². The van der Waals surface area contributed by atoms with Crippen LogP contribution in [0.1, 0.15) is 0 Å². The maximum atomic E-state index is 10.6. The monoisotopic (exact) mass is 185 g/mol. The average molecular weight is 185 g/mol. The maximum absolute atomic E-state index is 10.6. The topological polar surface area (TPSA) is 99.0 Å². The fourth-order valence-electron chi connectivity index (χ4n) is 0.304. The fourth-order valence-corrected chi connectivity index (χ4v) is 0.808. The summed E-state index contributed by atoms with van der Waals surface area (Å²) in [4.78, 5) is 8.70. The van der Waals surface area contributed by atoms with Crippen LogP contribution < -0.4 is 5.09 Å². The normalized spacial score (nSPS) is 19.3. The highest BCUT2D eigenvalue weighted by Crippen LogP contribution is 2.35. The van der Waals surface area contributed by atoms with E-state index in [1.807, 2.05) is 5.09 Å². The molecule has 0 aromatic carbocycles. The standard InChI is InChI=1S/C4H12NO5P/c1-5-11(8,9)10-3-4(7)2-6/h4,6-7H,2-3H2,1H3,(H2,5,8,9). The molecule has 0 saturated carbocycles. The van der Waals surface area contributed by atoms with Gasteiger partial charge in [-0.3, -0.25) is 4.52 Å². The average Bonchev–Trinajstić information content (AvgIpc) is 2.00. The van der Waals surface area contributed by atoms with Crippen molar-refractivity contribution in [3.05, 3.63) is 0 Å². The predicted molar refractivity (Wildman–Crippen MR) is 37.9 cm³/mol. The molecule has 0 saturated heterocycles. The molecular weight excluding hydrogens is 173 g/mol. The number of rotatable bonds is 5. The van der Waals surface area contributed by atoms with Gasteiger partial charge in [-0.05, 0) is 7.05 Å².